The summed E-state index contributed by atoms with van der Waals surface area (Å²) in [7, 11) is 0. The maximum absolute atomic E-state index is 6.23. The molecule has 37 heavy (non-hydrogen) atoms. The molecule has 2 bridgehead atoms. The van der Waals surface area contributed by atoms with Crippen molar-refractivity contribution in [2.24, 2.45) is 11.8 Å². The van der Waals surface area contributed by atoms with Crippen molar-refractivity contribution in [3.05, 3.63) is 40.9 Å². The number of thiophene rings is 1. The summed E-state index contributed by atoms with van der Waals surface area (Å²) in [5.41, 5.74) is 10.6. The number of benzene rings is 1. The van der Waals surface area contributed by atoms with Gasteiger partial charge < -0.3 is 16.0 Å². The van der Waals surface area contributed by atoms with Gasteiger partial charge in [0.05, 0.1) is 10.4 Å². The van der Waals surface area contributed by atoms with E-state index in [1.807, 2.05) is 18.4 Å². The number of rotatable bonds is 5. The van der Waals surface area contributed by atoms with Crippen LogP contribution in [-0.2, 0) is 0 Å². The standard InChI is InChI=1S/C27H33N9S/c1-16-13-20(5-6-22(16)34-8-10-35(11-9-34)23-15-18-3-4-19(23)14-18)29-27-30-26(28)36(33-27)25-24-21(7-12-37-24)17(2)31-32-25/h5-7,12-13,18-19,23H,3-4,8-11,14-15H2,1-2H3,(H3,28,29,30,33)/t18-,19+,23+/m1/s1. The van der Waals surface area contributed by atoms with Gasteiger partial charge in [-0.05, 0) is 80.2 Å². The normalized spacial score (nSPS) is 23.8. The van der Waals surface area contributed by atoms with E-state index < -0.39 is 0 Å². The van der Waals surface area contributed by atoms with Gasteiger partial charge in [-0.15, -0.1) is 21.5 Å². The maximum Gasteiger partial charge on any atom is 0.248 e. The molecule has 3 N–H and O–H groups in total. The lowest BCUT2D eigenvalue weighted by molar-refractivity contribution is 0.135. The Hall–Kier alpha value is -3.24. The van der Waals surface area contributed by atoms with Crippen molar-refractivity contribution in [2.75, 3.05) is 42.1 Å². The number of anilines is 4. The lowest BCUT2D eigenvalue weighted by Crippen LogP contribution is -2.51. The maximum atomic E-state index is 6.23. The average molecular weight is 516 g/mol. The first-order valence-corrected chi connectivity index (χ1v) is 14.2. The largest absolute Gasteiger partial charge is 0.369 e. The number of nitrogens with zero attached hydrogens (tertiary/aromatic N) is 7. The van der Waals surface area contributed by atoms with Crippen LogP contribution < -0.4 is 16.0 Å². The molecule has 1 aliphatic heterocycles. The zero-order valence-corrected chi connectivity index (χ0v) is 22.2. The molecule has 2 saturated carbocycles. The molecule has 10 heteroatoms. The van der Waals surface area contributed by atoms with Gasteiger partial charge in [-0.2, -0.15) is 14.8 Å². The first kappa shape index (κ1) is 22.9. The van der Waals surface area contributed by atoms with Gasteiger partial charge >= 0.3 is 0 Å². The van der Waals surface area contributed by atoms with Crippen molar-refractivity contribution in [3.63, 3.8) is 0 Å². The van der Waals surface area contributed by atoms with Gasteiger partial charge in [0.2, 0.25) is 11.9 Å². The molecule has 4 aromatic rings. The Balaban J connectivity index is 1.04. The van der Waals surface area contributed by atoms with E-state index in [1.54, 1.807) is 16.0 Å². The van der Waals surface area contributed by atoms with Crippen LogP contribution in [0.3, 0.4) is 0 Å². The van der Waals surface area contributed by atoms with Gasteiger partial charge in [0.1, 0.15) is 0 Å². The molecule has 192 valence electrons. The molecule has 0 spiro atoms. The first-order chi connectivity index (χ1) is 18.0. The summed E-state index contributed by atoms with van der Waals surface area (Å²) >= 11 is 1.60. The lowest BCUT2D eigenvalue weighted by Gasteiger charge is -2.42. The fourth-order valence-electron chi connectivity index (χ4n) is 6.83. The number of nitrogens with one attached hydrogen (secondary N) is 1. The number of fused-ring (bicyclic) bond motifs is 3. The quantitative estimate of drug-likeness (QED) is 0.400. The second kappa shape index (κ2) is 8.95. The van der Waals surface area contributed by atoms with E-state index in [4.69, 9.17) is 5.73 Å². The zero-order valence-electron chi connectivity index (χ0n) is 21.4. The first-order valence-electron chi connectivity index (χ1n) is 13.3. The Labute approximate surface area is 220 Å². The van der Waals surface area contributed by atoms with E-state index >= 15 is 0 Å². The van der Waals surface area contributed by atoms with E-state index in [-0.39, 0.29) is 5.95 Å². The number of nitrogen functional groups attached to an aromatic ring is 1. The molecular formula is C27H33N9S. The van der Waals surface area contributed by atoms with Crippen LogP contribution in [0.5, 0.6) is 0 Å². The van der Waals surface area contributed by atoms with Crippen LogP contribution in [0.2, 0.25) is 0 Å². The highest BCUT2D eigenvalue weighted by Gasteiger charge is 2.42. The van der Waals surface area contributed by atoms with E-state index in [9.17, 15) is 0 Å². The number of hydrogen-bond acceptors (Lipinski definition) is 9. The molecule has 1 aromatic carbocycles. The molecule has 1 saturated heterocycles. The van der Waals surface area contributed by atoms with Crippen LogP contribution in [0, 0.1) is 25.7 Å². The van der Waals surface area contributed by atoms with Crippen LogP contribution in [0.25, 0.3) is 15.9 Å². The fourth-order valence-corrected chi connectivity index (χ4v) is 7.75. The molecule has 2 aliphatic carbocycles. The van der Waals surface area contributed by atoms with Gasteiger partial charge in [-0.1, -0.05) is 6.42 Å². The SMILES string of the molecule is Cc1cc(Nc2nc(N)n(-c3nnc(C)c4ccsc34)n2)ccc1N1CCN([C@H]2C[C@@H]3CC[C@H]2C3)CC1. The van der Waals surface area contributed by atoms with Crippen molar-refractivity contribution in [1.29, 1.82) is 0 Å². The highest BCUT2D eigenvalue weighted by Crippen LogP contribution is 2.46. The van der Waals surface area contributed by atoms with E-state index in [0.29, 0.717) is 11.8 Å². The van der Waals surface area contributed by atoms with Crippen molar-refractivity contribution >= 4 is 44.7 Å². The van der Waals surface area contributed by atoms with Crippen molar-refractivity contribution < 1.29 is 0 Å². The summed E-state index contributed by atoms with van der Waals surface area (Å²) in [4.78, 5) is 9.76. The van der Waals surface area contributed by atoms with Gasteiger partial charge in [-0.25, -0.2) is 0 Å². The van der Waals surface area contributed by atoms with Crippen LogP contribution >= 0.6 is 11.3 Å². The molecule has 0 unspecified atom stereocenters. The van der Waals surface area contributed by atoms with E-state index in [0.717, 1.165) is 52.4 Å². The monoisotopic (exact) mass is 515 g/mol. The fraction of sp³-hybridized carbons (Fsp3) is 0.481. The minimum atomic E-state index is 0.275. The van der Waals surface area contributed by atoms with Crippen LogP contribution in [-0.4, -0.2) is 62.1 Å². The second-order valence-electron chi connectivity index (χ2n) is 10.9. The van der Waals surface area contributed by atoms with Crippen molar-refractivity contribution in [1.82, 2.24) is 29.9 Å². The van der Waals surface area contributed by atoms with Crippen molar-refractivity contribution in [2.45, 2.75) is 45.6 Å². The van der Waals surface area contributed by atoms with E-state index in [2.05, 4.69) is 60.5 Å². The summed E-state index contributed by atoms with van der Waals surface area (Å²) in [5.74, 6) is 3.29. The predicted molar refractivity (Wildman–Crippen MR) is 149 cm³/mol. The Bertz CT molecular complexity index is 1450. The summed E-state index contributed by atoms with van der Waals surface area (Å²) in [6.07, 6.45) is 5.85. The number of nitrogens with two attached hydrogens (primary N) is 1. The lowest BCUT2D eigenvalue weighted by atomic mass is 9.93. The van der Waals surface area contributed by atoms with Crippen molar-refractivity contribution in [3.8, 4) is 5.82 Å². The average Bonchev–Trinajstić information content (AvgIpc) is 3.70. The number of aryl methyl sites for hydroxylation is 2. The Kier molecular flexibility index (Phi) is 5.54. The number of piperazine rings is 1. The van der Waals surface area contributed by atoms with Gasteiger partial charge in [0.25, 0.3) is 0 Å². The minimum Gasteiger partial charge on any atom is -0.369 e. The highest BCUT2D eigenvalue weighted by molar-refractivity contribution is 7.17. The summed E-state index contributed by atoms with van der Waals surface area (Å²) in [5, 5.41) is 19.6. The zero-order chi connectivity index (χ0) is 25.1. The molecular weight excluding hydrogens is 482 g/mol. The predicted octanol–water partition coefficient (Wildman–Crippen LogP) is 4.53. The molecule has 0 amide bonds. The topological polar surface area (TPSA) is 101 Å². The van der Waals surface area contributed by atoms with Crippen LogP contribution in [0.4, 0.5) is 23.3 Å². The smallest absolute Gasteiger partial charge is 0.248 e. The summed E-state index contributed by atoms with van der Waals surface area (Å²) < 4.78 is 2.56. The van der Waals surface area contributed by atoms with Gasteiger partial charge in [0, 0.05) is 49.0 Å². The van der Waals surface area contributed by atoms with Gasteiger partial charge in [-0.3, -0.25) is 4.90 Å². The Morgan fingerprint density at radius 3 is 2.65 bits per heavy atom. The molecule has 9 nitrogen and oxygen atoms in total. The molecule has 0 radical (unpaired) electrons. The minimum absolute atomic E-state index is 0.275. The van der Waals surface area contributed by atoms with Crippen LogP contribution in [0.1, 0.15) is 36.9 Å². The highest BCUT2D eigenvalue weighted by atomic mass is 32.1. The Morgan fingerprint density at radius 1 is 1.03 bits per heavy atom. The van der Waals surface area contributed by atoms with Crippen LogP contribution in [0.15, 0.2) is 29.6 Å². The third-order valence-corrected chi connectivity index (χ3v) is 9.57. The number of aromatic nitrogens is 5. The Morgan fingerprint density at radius 2 is 1.89 bits per heavy atom. The van der Waals surface area contributed by atoms with E-state index in [1.165, 1.54) is 50.0 Å². The number of hydrogen-bond donors (Lipinski definition) is 2. The summed E-state index contributed by atoms with van der Waals surface area (Å²) in [6, 6.07) is 9.37. The molecule has 3 atom stereocenters. The molecule has 7 rings (SSSR count). The molecule has 3 aliphatic rings. The second-order valence-corrected chi connectivity index (χ2v) is 11.8. The summed E-state index contributed by atoms with van der Waals surface area (Å²) in [6.45, 7) is 8.67. The third kappa shape index (κ3) is 4.02. The molecule has 4 heterocycles. The third-order valence-electron chi connectivity index (χ3n) is 8.66. The molecule has 3 aromatic heterocycles. The molecule has 3 fully saturated rings. The van der Waals surface area contributed by atoms with Gasteiger partial charge in [0.15, 0.2) is 5.82 Å².